The molecule has 104 valence electrons. The third-order valence-electron chi connectivity index (χ3n) is 3.65. The molecule has 0 bridgehead atoms. The molecule has 1 saturated carbocycles. The van der Waals surface area contributed by atoms with Crippen LogP contribution in [0.15, 0.2) is 18.2 Å². The standard InChI is InChI=1S/C14H21BO4/c1-10-6-7-14(13(8-10)15(16)17)19-12-5-3-4-11(9-12)18-2/h6-8,11-12,16-17H,3-5,9H2,1-2H3. The smallest absolute Gasteiger partial charge is 0.491 e. The molecular weight excluding hydrogens is 243 g/mol. The summed E-state index contributed by atoms with van der Waals surface area (Å²) in [6, 6.07) is 5.47. The third-order valence-corrected chi connectivity index (χ3v) is 3.65. The van der Waals surface area contributed by atoms with Crippen LogP contribution in [0.25, 0.3) is 0 Å². The Morgan fingerprint density at radius 2 is 1.95 bits per heavy atom. The second-order valence-corrected chi connectivity index (χ2v) is 5.18. The number of aryl methyl sites for hydroxylation is 1. The third kappa shape index (κ3) is 3.72. The van der Waals surface area contributed by atoms with Gasteiger partial charge in [-0.3, -0.25) is 0 Å². The Labute approximate surface area is 114 Å². The Morgan fingerprint density at radius 1 is 1.21 bits per heavy atom. The average molecular weight is 264 g/mol. The van der Waals surface area contributed by atoms with Gasteiger partial charge in [-0.05, 0) is 32.3 Å². The molecule has 0 spiro atoms. The molecule has 1 aromatic rings. The van der Waals surface area contributed by atoms with Crippen molar-refractivity contribution in [2.24, 2.45) is 0 Å². The molecule has 5 heteroatoms. The molecule has 1 aliphatic rings. The Hall–Kier alpha value is -1.04. The predicted molar refractivity (Wildman–Crippen MR) is 74.7 cm³/mol. The summed E-state index contributed by atoms with van der Waals surface area (Å²) in [6.07, 6.45) is 4.30. The second kappa shape index (κ2) is 6.41. The monoisotopic (exact) mass is 264 g/mol. The van der Waals surface area contributed by atoms with E-state index >= 15 is 0 Å². The van der Waals surface area contributed by atoms with Gasteiger partial charge in [0.15, 0.2) is 0 Å². The van der Waals surface area contributed by atoms with Gasteiger partial charge in [0.25, 0.3) is 0 Å². The van der Waals surface area contributed by atoms with Gasteiger partial charge in [0.05, 0.1) is 6.10 Å². The minimum Gasteiger partial charge on any atom is -0.491 e. The van der Waals surface area contributed by atoms with Crippen LogP contribution in [0.1, 0.15) is 31.2 Å². The molecule has 19 heavy (non-hydrogen) atoms. The minimum atomic E-state index is -1.50. The normalized spacial score (nSPS) is 23.2. The summed E-state index contributed by atoms with van der Waals surface area (Å²) >= 11 is 0. The summed E-state index contributed by atoms with van der Waals surface area (Å²) < 4.78 is 11.3. The van der Waals surface area contributed by atoms with E-state index in [1.54, 1.807) is 19.2 Å². The van der Waals surface area contributed by atoms with Crippen LogP contribution >= 0.6 is 0 Å². The molecule has 1 aliphatic carbocycles. The summed E-state index contributed by atoms with van der Waals surface area (Å²) in [6.45, 7) is 1.91. The van der Waals surface area contributed by atoms with Gasteiger partial charge >= 0.3 is 7.12 Å². The number of rotatable bonds is 4. The highest BCUT2D eigenvalue weighted by Gasteiger charge is 2.25. The molecule has 1 fully saturated rings. The van der Waals surface area contributed by atoms with Crippen LogP contribution in [0.4, 0.5) is 0 Å². The van der Waals surface area contributed by atoms with Gasteiger partial charge in [0, 0.05) is 19.0 Å². The van der Waals surface area contributed by atoms with E-state index in [2.05, 4.69) is 0 Å². The molecule has 0 aliphatic heterocycles. The molecule has 0 saturated heterocycles. The maximum Gasteiger partial charge on any atom is 0.492 e. The van der Waals surface area contributed by atoms with E-state index in [-0.39, 0.29) is 12.2 Å². The van der Waals surface area contributed by atoms with Crippen molar-refractivity contribution < 1.29 is 19.5 Å². The van der Waals surface area contributed by atoms with E-state index in [0.29, 0.717) is 11.2 Å². The molecule has 0 aromatic heterocycles. The van der Waals surface area contributed by atoms with Crippen molar-refractivity contribution in [3.05, 3.63) is 23.8 Å². The van der Waals surface area contributed by atoms with Crippen LogP contribution in [0.2, 0.25) is 0 Å². The predicted octanol–water partition coefficient (Wildman–Crippen LogP) is 1.01. The van der Waals surface area contributed by atoms with Gasteiger partial charge in [-0.2, -0.15) is 0 Å². The molecular formula is C14H21BO4. The topological polar surface area (TPSA) is 58.9 Å². The van der Waals surface area contributed by atoms with Crippen molar-refractivity contribution in [3.8, 4) is 5.75 Å². The Kier molecular flexibility index (Phi) is 4.85. The van der Waals surface area contributed by atoms with Crippen LogP contribution < -0.4 is 10.2 Å². The van der Waals surface area contributed by atoms with E-state index in [0.717, 1.165) is 31.2 Å². The van der Waals surface area contributed by atoms with Crippen molar-refractivity contribution in [2.75, 3.05) is 7.11 Å². The molecule has 0 heterocycles. The fourth-order valence-corrected chi connectivity index (χ4v) is 2.58. The van der Waals surface area contributed by atoms with Gasteiger partial charge in [0.1, 0.15) is 11.9 Å². The molecule has 2 unspecified atom stereocenters. The largest absolute Gasteiger partial charge is 0.492 e. The molecule has 2 atom stereocenters. The van der Waals surface area contributed by atoms with E-state index in [1.807, 2.05) is 13.0 Å². The summed E-state index contributed by atoms with van der Waals surface area (Å²) in [5.41, 5.74) is 1.41. The van der Waals surface area contributed by atoms with Crippen molar-refractivity contribution in [3.63, 3.8) is 0 Å². The summed E-state index contributed by atoms with van der Waals surface area (Å²) in [5, 5.41) is 18.8. The zero-order chi connectivity index (χ0) is 13.8. The first kappa shape index (κ1) is 14.4. The molecule has 2 N–H and O–H groups in total. The number of hydrogen-bond donors (Lipinski definition) is 2. The van der Waals surface area contributed by atoms with E-state index in [9.17, 15) is 10.0 Å². The first-order chi connectivity index (χ1) is 9.10. The quantitative estimate of drug-likeness (QED) is 0.797. The van der Waals surface area contributed by atoms with Crippen LogP contribution in [0.5, 0.6) is 5.75 Å². The van der Waals surface area contributed by atoms with Gasteiger partial charge in [-0.25, -0.2) is 0 Å². The number of methoxy groups -OCH3 is 1. The zero-order valence-electron chi connectivity index (χ0n) is 11.5. The molecule has 1 aromatic carbocycles. The highest BCUT2D eigenvalue weighted by atomic mass is 16.5. The van der Waals surface area contributed by atoms with Crippen molar-refractivity contribution >= 4 is 12.6 Å². The second-order valence-electron chi connectivity index (χ2n) is 5.18. The first-order valence-corrected chi connectivity index (χ1v) is 6.76. The van der Waals surface area contributed by atoms with E-state index in [4.69, 9.17) is 9.47 Å². The van der Waals surface area contributed by atoms with E-state index < -0.39 is 7.12 Å². The molecule has 0 radical (unpaired) electrons. The highest BCUT2D eigenvalue weighted by Crippen LogP contribution is 2.24. The van der Waals surface area contributed by atoms with Crippen LogP contribution in [0, 0.1) is 6.92 Å². The lowest BCUT2D eigenvalue weighted by molar-refractivity contribution is 0.0212. The highest BCUT2D eigenvalue weighted by molar-refractivity contribution is 6.59. The lowest BCUT2D eigenvalue weighted by Gasteiger charge is -2.29. The van der Waals surface area contributed by atoms with Crippen molar-refractivity contribution in [1.29, 1.82) is 0 Å². The van der Waals surface area contributed by atoms with Crippen LogP contribution in [-0.4, -0.2) is 36.5 Å². The van der Waals surface area contributed by atoms with Crippen molar-refractivity contribution in [2.45, 2.75) is 44.8 Å². The minimum absolute atomic E-state index is 0.0823. The zero-order valence-corrected chi connectivity index (χ0v) is 11.5. The first-order valence-electron chi connectivity index (χ1n) is 6.76. The number of hydrogen-bond acceptors (Lipinski definition) is 4. The Bertz CT molecular complexity index is 422. The van der Waals surface area contributed by atoms with Gasteiger partial charge in [-0.15, -0.1) is 0 Å². The molecule has 2 rings (SSSR count). The van der Waals surface area contributed by atoms with Crippen LogP contribution in [-0.2, 0) is 4.74 Å². The fourth-order valence-electron chi connectivity index (χ4n) is 2.58. The van der Waals surface area contributed by atoms with Crippen molar-refractivity contribution in [1.82, 2.24) is 0 Å². The maximum absolute atomic E-state index is 9.41. The lowest BCUT2D eigenvalue weighted by Crippen LogP contribution is -2.35. The summed E-state index contributed by atoms with van der Waals surface area (Å²) in [5.74, 6) is 0.558. The SMILES string of the molecule is COC1CCCC(Oc2ccc(C)cc2B(O)O)C1. The molecule has 4 nitrogen and oxygen atoms in total. The van der Waals surface area contributed by atoms with Gasteiger partial charge in [-0.1, -0.05) is 17.7 Å². The number of ether oxygens (including phenoxy) is 2. The summed E-state index contributed by atoms with van der Waals surface area (Å²) in [4.78, 5) is 0. The number of benzene rings is 1. The van der Waals surface area contributed by atoms with E-state index in [1.165, 1.54) is 0 Å². The Balaban J connectivity index is 2.10. The molecule has 0 amide bonds. The maximum atomic E-state index is 9.41. The van der Waals surface area contributed by atoms with Gasteiger partial charge < -0.3 is 19.5 Å². The summed E-state index contributed by atoms with van der Waals surface area (Å²) in [7, 11) is 0.221. The fraction of sp³-hybridized carbons (Fsp3) is 0.571. The lowest BCUT2D eigenvalue weighted by atomic mass is 9.78. The Morgan fingerprint density at radius 3 is 2.63 bits per heavy atom. The van der Waals surface area contributed by atoms with Gasteiger partial charge in [0.2, 0.25) is 0 Å². The average Bonchev–Trinajstić information content (AvgIpc) is 2.41. The van der Waals surface area contributed by atoms with Crippen LogP contribution in [0.3, 0.4) is 0 Å².